The number of hydrogen-bond acceptors (Lipinski definition) is 3. The summed E-state index contributed by atoms with van der Waals surface area (Å²) < 4.78 is 4.47. The van der Waals surface area contributed by atoms with Crippen molar-refractivity contribution in [3.8, 4) is 0 Å². The molecule has 0 radical (unpaired) electrons. The second kappa shape index (κ2) is 5.69. The van der Waals surface area contributed by atoms with E-state index >= 15 is 0 Å². The van der Waals surface area contributed by atoms with E-state index in [4.69, 9.17) is 0 Å². The summed E-state index contributed by atoms with van der Waals surface area (Å²) in [5, 5.41) is 0. The number of fused-ring (bicyclic) bond motifs is 1. The van der Waals surface area contributed by atoms with Crippen LogP contribution < -0.4 is 21.0 Å². The first-order valence-electron chi connectivity index (χ1n) is 7.81. The van der Waals surface area contributed by atoms with Crippen molar-refractivity contribution in [2.45, 2.75) is 13.6 Å². The average molecular weight is 308 g/mol. The molecule has 0 aromatic carbocycles. The second-order valence-electron chi connectivity index (χ2n) is 6.10. The van der Waals surface area contributed by atoms with Crippen LogP contribution >= 0.6 is 0 Å². The normalized spacial score (nSPS) is 22.3. The fraction of sp³-hybridized carbons (Fsp3) is 0.643. The van der Waals surface area contributed by atoms with E-state index in [1.807, 2.05) is 4.57 Å². The topological polar surface area (TPSA) is 70.7 Å². The Balaban J connectivity index is 1.93. The van der Waals surface area contributed by atoms with Crippen molar-refractivity contribution < 1.29 is 9.80 Å². The molecule has 2 aromatic heterocycles. The van der Waals surface area contributed by atoms with Gasteiger partial charge in [0.2, 0.25) is 0 Å². The lowest BCUT2D eigenvalue weighted by atomic mass is 10.3. The van der Waals surface area contributed by atoms with Gasteiger partial charge in [0.15, 0.2) is 17.8 Å². The number of aromatic nitrogens is 4. The van der Waals surface area contributed by atoms with Crippen LogP contribution in [0.15, 0.2) is 15.9 Å². The van der Waals surface area contributed by atoms with E-state index in [1.54, 1.807) is 18.3 Å². The van der Waals surface area contributed by atoms with Crippen molar-refractivity contribution in [1.29, 1.82) is 0 Å². The standard InChI is InChI=1S/C14H22N6O2/c1-4-18-5-7-19(8-6-18)10-20-9-15-12-11(20)13(21)17(3)14(22)16(12)2/h9H,4-8,10H2,1-3H3/p+2. The van der Waals surface area contributed by atoms with Gasteiger partial charge in [-0.2, -0.15) is 0 Å². The zero-order chi connectivity index (χ0) is 15.9. The summed E-state index contributed by atoms with van der Waals surface area (Å²) in [6.45, 7) is 8.62. The lowest BCUT2D eigenvalue weighted by molar-refractivity contribution is -1.02. The van der Waals surface area contributed by atoms with Gasteiger partial charge in [-0.3, -0.25) is 18.5 Å². The molecule has 0 bridgehead atoms. The summed E-state index contributed by atoms with van der Waals surface area (Å²) in [7, 11) is 3.16. The number of hydrogen-bond donors (Lipinski definition) is 2. The van der Waals surface area contributed by atoms with Gasteiger partial charge < -0.3 is 9.80 Å². The van der Waals surface area contributed by atoms with E-state index in [9.17, 15) is 9.59 Å². The van der Waals surface area contributed by atoms with E-state index in [1.165, 1.54) is 23.1 Å². The van der Waals surface area contributed by atoms with Gasteiger partial charge in [0.25, 0.3) is 5.56 Å². The molecule has 0 spiro atoms. The molecule has 0 amide bonds. The molecule has 2 N–H and O–H groups in total. The Bertz CT molecular complexity index is 794. The summed E-state index contributed by atoms with van der Waals surface area (Å²) in [4.78, 5) is 31.7. The first kappa shape index (κ1) is 15.0. The molecule has 8 nitrogen and oxygen atoms in total. The number of imidazole rings is 1. The minimum Gasteiger partial charge on any atom is -0.326 e. The Morgan fingerprint density at radius 1 is 1.09 bits per heavy atom. The molecule has 1 fully saturated rings. The Morgan fingerprint density at radius 3 is 2.36 bits per heavy atom. The molecule has 1 aliphatic heterocycles. The molecule has 1 saturated heterocycles. The van der Waals surface area contributed by atoms with Crippen LogP contribution in [0.3, 0.4) is 0 Å². The van der Waals surface area contributed by atoms with Crippen molar-refractivity contribution in [2.75, 3.05) is 32.7 Å². The lowest BCUT2D eigenvalue weighted by Gasteiger charge is -2.29. The van der Waals surface area contributed by atoms with Gasteiger partial charge in [-0.15, -0.1) is 0 Å². The quantitative estimate of drug-likeness (QED) is 0.611. The number of likely N-dealkylation sites (N-methyl/N-ethyl adjacent to an activating group) is 1. The first-order valence-corrected chi connectivity index (χ1v) is 7.81. The molecule has 2 aromatic rings. The highest BCUT2D eigenvalue weighted by Gasteiger charge is 2.23. The summed E-state index contributed by atoms with van der Waals surface area (Å²) >= 11 is 0. The predicted molar refractivity (Wildman–Crippen MR) is 82.1 cm³/mol. The van der Waals surface area contributed by atoms with Gasteiger partial charge in [0.1, 0.15) is 32.5 Å². The summed E-state index contributed by atoms with van der Waals surface area (Å²) in [6, 6.07) is 0. The van der Waals surface area contributed by atoms with E-state index in [-0.39, 0.29) is 11.2 Å². The molecule has 22 heavy (non-hydrogen) atoms. The van der Waals surface area contributed by atoms with Crippen molar-refractivity contribution >= 4 is 11.2 Å². The van der Waals surface area contributed by atoms with Crippen molar-refractivity contribution in [3.63, 3.8) is 0 Å². The zero-order valence-corrected chi connectivity index (χ0v) is 13.4. The largest absolute Gasteiger partial charge is 0.332 e. The molecular formula is C14H24N6O2+2. The van der Waals surface area contributed by atoms with Crippen LogP contribution in [-0.4, -0.2) is 51.4 Å². The summed E-state index contributed by atoms with van der Waals surface area (Å²) in [6.07, 6.45) is 1.68. The number of rotatable bonds is 3. The third-order valence-corrected chi connectivity index (χ3v) is 4.78. The van der Waals surface area contributed by atoms with Crippen molar-refractivity contribution in [1.82, 2.24) is 18.7 Å². The molecular weight excluding hydrogens is 284 g/mol. The van der Waals surface area contributed by atoms with Crippen molar-refractivity contribution in [3.05, 3.63) is 27.2 Å². The van der Waals surface area contributed by atoms with E-state index in [2.05, 4.69) is 11.9 Å². The van der Waals surface area contributed by atoms with E-state index in [0.717, 1.165) is 37.4 Å². The Kier molecular flexibility index (Phi) is 3.88. The lowest BCUT2D eigenvalue weighted by Crippen LogP contribution is -3.27. The molecule has 1 aliphatic rings. The smallest absolute Gasteiger partial charge is 0.326 e. The number of aryl methyl sites for hydroxylation is 1. The first-order chi connectivity index (χ1) is 10.5. The fourth-order valence-corrected chi connectivity index (χ4v) is 3.23. The SMILES string of the molecule is CC[NH+]1CC[NH+](Cn2cnc3c2c(=O)n(C)c(=O)n3C)CC1. The van der Waals surface area contributed by atoms with E-state index < -0.39 is 0 Å². The third kappa shape index (κ3) is 2.38. The maximum Gasteiger partial charge on any atom is 0.332 e. The van der Waals surface area contributed by atoms with Crippen LogP contribution in [0.25, 0.3) is 11.2 Å². The number of piperazine rings is 1. The monoisotopic (exact) mass is 308 g/mol. The third-order valence-electron chi connectivity index (χ3n) is 4.78. The van der Waals surface area contributed by atoms with Crippen LogP contribution in [0, 0.1) is 0 Å². The molecule has 120 valence electrons. The summed E-state index contributed by atoms with van der Waals surface area (Å²) in [5.74, 6) is 0. The molecule has 3 heterocycles. The fourth-order valence-electron chi connectivity index (χ4n) is 3.23. The Labute approximate surface area is 128 Å². The molecule has 0 saturated carbocycles. The minimum absolute atomic E-state index is 0.271. The highest BCUT2D eigenvalue weighted by atomic mass is 16.2. The maximum atomic E-state index is 12.4. The number of nitrogens with zero attached hydrogens (tertiary/aromatic N) is 4. The van der Waals surface area contributed by atoms with Crippen LogP contribution in [-0.2, 0) is 20.8 Å². The van der Waals surface area contributed by atoms with Gasteiger partial charge in [0.05, 0.1) is 6.54 Å². The van der Waals surface area contributed by atoms with Gasteiger partial charge in [-0.1, -0.05) is 0 Å². The minimum atomic E-state index is -0.338. The number of quaternary nitrogens is 2. The molecule has 8 heteroatoms. The Morgan fingerprint density at radius 2 is 1.73 bits per heavy atom. The number of nitrogens with one attached hydrogen (secondary N) is 2. The van der Waals surface area contributed by atoms with Gasteiger partial charge in [-0.05, 0) is 6.92 Å². The zero-order valence-electron chi connectivity index (χ0n) is 13.4. The van der Waals surface area contributed by atoms with Crippen LogP contribution in [0.4, 0.5) is 0 Å². The molecule has 3 rings (SSSR count). The maximum absolute atomic E-state index is 12.4. The van der Waals surface area contributed by atoms with Gasteiger partial charge >= 0.3 is 5.69 Å². The predicted octanol–water partition coefficient (Wildman–Crippen LogP) is -3.81. The van der Waals surface area contributed by atoms with Crippen LogP contribution in [0.2, 0.25) is 0 Å². The second-order valence-corrected chi connectivity index (χ2v) is 6.10. The average Bonchev–Trinajstić information content (AvgIpc) is 2.95. The highest BCUT2D eigenvalue weighted by molar-refractivity contribution is 5.69. The molecule has 0 aliphatic carbocycles. The van der Waals surface area contributed by atoms with Crippen LogP contribution in [0.5, 0.6) is 0 Å². The molecule has 0 unspecified atom stereocenters. The summed E-state index contributed by atoms with van der Waals surface area (Å²) in [5.41, 5.74) is 0.371. The van der Waals surface area contributed by atoms with Crippen LogP contribution in [0.1, 0.15) is 6.92 Å². The molecule has 0 atom stereocenters. The Hall–Kier alpha value is -1.93. The van der Waals surface area contributed by atoms with Gasteiger partial charge in [-0.25, -0.2) is 9.78 Å². The van der Waals surface area contributed by atoms with E-state index in [0.29, 0.717) is 11.2 Å². The highest BCUT2D eigenvalue weighted by Crippen LogP contribution is 2.03. The van der Waals surface area contributed by atoms with Gasteiger partial charge in [0, 0.05) is 14.1 Å². The van der Waals surface area contributed by atoms with Crippen molar-refractivity contribution in [2.24, 2.45) is 14.1 Å².